The largest absolute Gasteiger partial charge is 0.354 e. The summed E-state index contributed by atoms with van der Waals surface area (Å²) < 4.78 is 3.25. The molecule has 5 nitrogen and oxygen atoms in total. The molecule has 0 radical (unpaired) electrons. The van der Waals surface area contributed by atoms with Crippen LogP contribution in [0.1, 0.15) is 19.8 Å². The number of amides is 1. The van der Waals surface area contributed by atoms with Crippen LogP contribution in [0.5, 0.6) is 0 Å². The number of carbonyl (C=O) groups excluding carboxylic acids is 1. The molecule has 0 spiro atoms. The number of aryl methyl sites for hydroxylation is 1. The summed E-state index contributed by atoms with van der Waals surface area (Å²) in [6.07, 6.45) is 2.41. The van der Waals surface area contributed by atoms with Crippen LogP contribution < -0.4 is 11.0 Å². The van der Waals surface area contributed by atoms with E-state index < -0.39 is 0 Å². The first-order chi connectivity index (χ1) is 9.70. The van der Waals surface area contributed by atoms with Crippen LogP contribution in [0.15, 0.2) is 29.1 Å². The van der Waals surface area contributed by atoms with Gasteiger partial charge in [-0.1, -0.05) is 12.1 Å². The van der Waals surface area contributed by atoms with Gasteiger partial charge in [-0.2, -0.15) is 0 Å². The van der Waals surface area contributed by atoms with Gasteiger partial charge in [-0.3, -0.25) is 13.9 Å². The second-order valence-electron chi connectivity index (χ2n) is 5.35. The molecule has 1 aliphatic rings. The van der Waals surface area contributed by atoms with Gasteiger partial charge < -0.3 is 5.32 Å². The van der Waals surface area contributed by atoms with Gasteiger partial charge in [-0.25, -0.2) is 4.79 Å². The van der Waals surface area contributed by atoms with Crippen molar-refractivity contribution < 1.29 is 4.79 Å². The van der Waals surface area contributed by atoms with Crippen molar-refractivity contribution in [3.8, 4) is 0 Å². The number of carbonyl (C=O) groups is 1. The second kappa shape index (κ2) is 5.15. The summed E-state index contributed by atoms with van der Waals surface area (Å²) in [6.45, 7) is 3.38. The fourth-order valence-corrected chi connectivity index (χ4v) is 2.51. The van der Waals surface area contributed by atoms with Gasteiger partial charge in [0.25, 0.3) is 0 Å². The molecule has 1 N–H and O–H groups in total. The summed E-state index contributed by atoms with van der Waals surface area (Å²) >= 11 is 0. The molecule has 1 saturated carbocycles. The van der Waals surface area contributed by atoms with Gasteiger partial charge in [0, 0.05) is 13.1 Å². The van der Waals surface area contributed by atoms with Crippen molar-refractivity contribution in [1.82, 2.24) is 14.5 Å². The summed E-state index contributed by atoms with van der Waals surface area (Å²) in [7, 11) is 0. The van der Waals surface area contributed by atoms with Crippen molar-refractivity contribution in [2.24, 2.45) is 5.92 Å². The van der Waals surface area contributed by atoms with E-state index in [1.54, 1.807) is 9.13 Å². The average Bonchev–Trinajstić information content (AvgIpc) is 3.24. The molecule has 0 atom stereocenters. The Kier molecular flexibility index (Phi) is 3.34. The van der Waals surface area contributed by atoms with Gasteiger partial charge >= 0.3 is 5.69 Å². The molecule has 106 valence electrons. The molecular weight excluding hydrogens is 254 g/mol. The van der Waals surface area contributed by atoms with Gasteiger partial charge in [0.2, 0.25) is 5.91 Å². The van der Waals surface area contributed by atoms with Gasteiger partial charge in [0.15, 0.2) is 0 Å². The molecule has 1 aromatic carbocycles. The van der Waals surface area contributed by atoms with E-state index >= 15 is 0 Å². The minimum Gasteiger partial charge on any atom is -0.354 e. The van der Waals surface area contributed by atoms with Crippen molar-refractivity contribution in [2.75, 3.05) is 6.54 Å². The Hall–Kier alpha value is -2.04. The molecule has 20 heavy (non-hydrogen) atoms. The minimum absolute atomic E-state index is 0.0852. The Balaban J connectivity index is 1.88. The molecule has 1 fully saturated rings. The lowest BCUT2D eigenvalue weighted by Crippen LogP contribution is -2.33. The molecule has 0 bridgehead atoms. The topological polar surface area (TPSA) is 56.0 Å². The van der Waals surface area contributed by atoms with E-state index in [9.17, 15) is 9.59 Å². The predicted molar refractivity (Wildman–Crippen MR) is 77.6 cm³/mol. The zero-order valence-electron chi connectivity index (χ0n) is 11.6. The average molecular weight is 273 g/mol. The van der Waals surface area contributed by atoms with Crippen LogP contribution in [0.25, 0.3) is 11.0 Å². The maximum atomic E-state index is 12.4. The molecule has 0 aliphatic heterocycles. The fraction of sp³-hybridized carbons (Fsp3) is 0.467. The lowest BCUT2D eigenvalue weighted by Gasteiger charge is -2.05. The number of para-hydroxylation sites is 2. The maximum absolute atomic E-state index is 12.4. The minimum atomic E-state index is -0.115. The van der Waals surface area contributed by atoms with Crippen LogP contribution in [-0.2, 0) is 17.9 Å². The highest BCUT2D eigenvalue weighted by Crippen LogP contribution is 2.27. The third-order valence-electron chi connectivity index (χ3n) is 3.83. The van der Waals surface area contributed by atoms with E-state index in [0.717, 1.165) is 17.6 Å². The van der Waals surface area contributed by atoms with Gasteiger partial charge in [-0.15, -0.1) is 0 Å². The van der Waals surface area contributed by atoms with Crippen molar-refractivity contribution in [3.05, 3.63) is 34.7 Å². The number of fused-ring (bicyclic) bond motifs is 1. The monoisotopic (exact) mass is 273 g/mol. The number of imidazole rings is 1. The number of aromatic nitrogens is 2. The lowest BCUT2D eigenvalue weighted by atomic mass is 10.3. The van der Waals surface area contributed by atoms with E-state index in [2.05, 4.69) is 5.32 Å². The zero-order chi connectivity index (χ0) is 14.1. The smallest absolute Gasteiger partial charge is 0.329 e. The molecule has 3 rings (SSSR count). The van der Waals surface area contributed by atoms with Gasteiger partial charge in [0.1, 0.15) is 6.54 Å². The van der Waals surface area contributed by atoms with E-state index in [0.29, 0.717) is 12.5 Å². The van der Waals surface area contributed by atoms with Gasteiger partial charge in [-0.05, 0) is 37.8 Å². The molecule has 1 aromatic heterocycles. The summed E-state index contributed by atoms with van der Waals surface area (Å²) in [5.74, 6) is 0.561. The second-order valence-corrected chi connectivity index (χ2v) is 5.35. The Labute approximate surface area is 117 Å². The number of nitrogens with one attached hydrogen (secondary N) is 1. The van der Waals surface area contributed by atoms with E-state index in [1.165, 1.54) is 12.8 Å². The van der Waals surface area contributed by atoms with Crippen LogP contribution in [0, 0.1) is 5.92 Å². The number of hydrogen-bond donors (Lipinski definition) is 1. The quantitative estimate of drug-likeness (QED) is 0.894. The maximum Gasteiger partial charge on any atom is 0.329 e. The Morgan fingerprint density at radius 3 is 2.50 bits per heavy atom. The van der Waals surface area contributed by atoms with Crippen molar-refractivity contribution in [3.63, 3.8) is 0 Å². The summed E-state index contributed by atoms with van der Waals surface area (Å²) in [5, 5.41) is 2.90. The molecule has 1 heterocycles. The van der Waals surface area contributed by atoms with Crippen molar-refractivity contribution >= 4 is 16.9 Å². The van der Waals surface area contributed by atoms with Crippen LogP contribution >= 0.6 is 0 Å². The SMILES string of the molecule is CCn1c(=O)n(CC(=O)NCC2CC2)c2ccccc21. The van der Waals surface area contributed by atoms with Crippen LogP contribution in [-0.4, -0.2) is 21.6 Å². The normalized spacial score (nSPS) is 14.7. The lowest BCUT2D eigenvalue weighted by molar-refractivity contribution is -0.121. The van der Waals surface area contributed by atoms with E-state index in [4.69, 9.17) is 0 Å². The Morgan fingerprint density at radius 2 is 1.90 bits per heavy atom. The highest BCUT2D eigenvalue weighted by atomic mass is 16.2. The molecule has 1 aliphatic carbocycles. The molecule has 1 amide bonds. The summed E-state index contributed by atoms with van der Waals surface area (Å²) in [5.41, 5.74) is 1.59. The number of rotatable bonds is 5. The molecule has 5 heteroatoms. The molecule has 0 unspecified atom stereocenters. The molecular formula is C15H19N3O2. The van der Waals surface area contributed by atoms with Crippen LogP contribution in [0.4, 0.5) is 0 Å². The third-order valence-corrected chi connectivity index (χ3v) is 3.83. The Morgan fingerprint density at radius 1 is 1.25 bits per heavy atom. The van der Waals surface area contributed by atoms with Crippen molar-refractivity contribution in [2.45, 2.75) is 32.9 Å². The van der Waals surface area contributed by atoms with Gasteiger partial charge in [0.05, 0.1) is 11.0 Å². The van der Waals surface area contributed by atoms with E-state index in [-0.39, 0.29) is 18.1 Å². The Bertz CT molecular complexity index is 695. The summed E-state index contributed by atoms with van der Waals surface area (Å²) in [4.78, 5) is 24.3. The fourth-order valence-electron chi connectivity index (χ4n) is 2.51. The first-order valence-corrected chi connectivity index (χ1v) is 7.15. The first kappa shape index (κ1) is 13.0. The van der Waals surface area contributed by atoms with Crippen LogP contribution in [0.3, 0.4) is 0 Å². The highest BCUT2D eigenvalue weighted by molar-refractivity contribution is 5.80. The number of hydrogen-bond acceptors (Lipinski definition) is 2. The molecule has 0 saturated heterocycles. The van der Waals surface area contributed by atoms with Crippen LogP contribution in [0.2, 0.25) is 0 Å². The first-order valence-electron chi connectivity index (χ1n) is 7.15. The number of nitrogens with zero attached hydrogens (tertiary/aromatic N) is 2. The zero-order valence-corrected chi connectivity index (χ0v) is 11.6. The molecule has 2 aromatic rings. The third kappa shape index (κ3) is 2.35. The summed E-state index contributed by atoms with van der Waals surface area (Å²) in [6, 6.07) is 7.60. The van der Waals surface area contributed by atoms with E-state index in [1.807, 2.05) is 31.2 Å². The number of benzene rings is 1. The van der Waals surface area contributed by atoms with Crippen molar-refractivity contribution in [1.29, 1.82) is 0 Å². The highest BCUT2D eigenvalue weighted by Gasteiger charge is 2.22. The standard InChI is InChI=1S/C15H19N3O2/c1-2-17-12-5-3-4-6-13(12)18(15(17)20)10-14(19)16-9-11-7-8-11/h3-6,11H,2,7-10H2,1H3,(H,16,19). The predicted octanol–water partition coefficient (Wildman–Crippen LogP) is 1.35.